The van der Waals surface area contributed by atoms with Crippen molar-refractivity contribution in [2.45, 2.75) is 18.6 Å². The van der Waals surface area contributed by atoms with Gasteiger partial charge in [-0.25, -0.2) is 4.98 Å². The van der Waals surface area contributed by atoms with Gasteiger partial charge in [0.2, 0.25) is 0 Å². The summed E-state index contributed by atoms with van der Waals surface area (Å²) < 4.78 is 6.56. The molecule has 2 heterocycles. The average Bonchev–Trinajstić information content (AvgIpc) is 2.77. The topological polar surface area (TPSA) is 48.1 Å². The highest BCUT2D eigenvalue weighted by molar-refractivity contribution is 7.15. The number of fused-ring (bicyclic) bond motifs is 1. The maximum absolute atomic E-state index is 6.16. The third-order valence-corrected chi connectivity index (χ3v) is 4.32. The number of hydrogen-bond donors (Lipinski definition) is 1. The molecule has 2 atom stereocenters. The van der Waals surface area contributed by atoms with Gasteiger partial charge in [-0.05, 0) is 18.2 Å². The zero-order valence-corrected chi connectivity index (χ0v) is 11.6. The summed E-state index contributed by atoms with van der Waals surface area (Å²) in [6.07, 6.45) is 2.18. The molecule has 1 aliphatic rings. The van der Waals surface area contributed by atoms with E-state index in [1.165, 1.54) is 11.3 Å². The number of ether oxygens (including phenoxy) is 1. The summed E-state index contributed by atoms with van der Waals surface area (Å²) in [5, 5.41) is 1.53. The molecule has 1 aromatic heterocycles. The highest BCUT2D eigenvalue weighted by atomic mass is 35.5. The van der Waals surface area contributed by atoms with E-state index in [4.69, 9.17) is 33.7 Å². The van der Waals surface area contributed by atoms with Gasteiger partial charge in [0, 0.05) is 23.0 Å². The molecule has 0 saturated heterocycles. The molecule has 0 amide bonds. The monoisotopic (exact) mass is 300 g/mol. The first-order valence-electron chi connectivity index (χ1n) is 5.46. The van der Waals surface area contributed by atoms with E-state index in [0.29, 0.717) is 15.8 Å². The lowest BCUT2D eigenvalue weighted by Crippen LogP contribution is -2.24. The van der Waals surface area contributed by atoms with Gasteiger partial charge in [-0.2, -0.15) is 0 Å². The molecule has 2 aromatic rings. The summed E-state index contributed by atoms with van der Waals surface area (Å²) in [6.45, 7) is 0. The maximum Gasteiger partial charge on any atom is 0.152 e. The zero-order valence-electron chi connectivity index (χ0n) is 9.27. The van der Waals surface area contributed by atoms with Crippen molar-refractivity contribution in [3.63, 3.8) is 0 Å². The number of aromatic nitrogens is 1. The minimum Gasteiger partial charge on any atom is -0.483 e. The van der Waals surface area contributed by atoms with Crippen LogP contribution < -0.4 is 10.5 Å². The van der Waals surface area contributed by atoms with Crippen molar-refractivity contribution in [1.29, 1.82) is 0 Å². The number of thiazole rings is 1. The number of rotatable bonds is 1. The molecule has 0 spiro atoms. The van der Waals surface area contributed by atoms with Crippen molar-refractivity contribution in [3.05, 3.63) is 44.3 Å². The Morgan fingerprint density at radius 2 is 2.22 bits per heavy atom. The Labute approximate surface area is 118 Å². The van der Waals surface area contributed by atoms with Gasteiger partial charge in [-0.15, -0.1) is 11.3 Å². The molecule has 0 radical (unpaired) electrons. The summed E-state index contributed by atoms with van der Waals surface area (Å²) in [6, 6.07) is 5.40. The molecule has 0 fully saturated rings. The number of nitrogens with zero attached hydrogens (tertiary/aromatic N) is 1. The Hall–Kier alpha value is -0.810. The van der Waals surface area contributed by atoms with E-state index in [1.807, 2.05) is 12.1 Å². The molecule has 94 valence electrons. The van der Waals surface area contributed by atoms with Gasteiger partial charge in [0.25, 0.3) is 0 Å². The molecule has 0 bridgehead atoms. The van der Waals surface area contributed by atoms with Gasteiger partial charge in [-0.1, -0.05) is 23.2 Å². The van der Waals surface area contributed by atoms with Gasteiger partial charge in [0.05, 0.1) is 6.20 Å². The van der Waals surface area contributed by atoms with Crippen molar-refractivity contribution in [1.82, 2.24) is 4.98 Å². The van der Waals surface area contributed by atoms with E-state index < -0.39 is 0 Å². The molecular weight excluding hydrogens is 291 g/mol. The number of nitrogens with two attached hydrogens (primary N) is 1. The lowest BCUT2D eigenvalue weighted by Gasteiger charge is -2.29. The summed E-state index contributed by atoms with van der Waals surface area (Å²) in [5.74, 6) is 0.773. The molecule has 1 unspecified atom stereocenters. The second kappa shape index (κ2) is 4.70. The molecule has 0 aliphatic carbocycles. The van der Waals surface area contributed by atoms with Crippen LogP contribution in [0.5, 0.6) is 5.75 Å². The van der Waals surface area contributed by atoms with Crippen molar-refractivity contribution < 1.29 is 4.74 Å². The van der Waals surface area contributed by atoms with Crippen LogP contribution in [0.4, 0.5) is 0 Å². The predicted molar refractivity (Wildman–Crippen MR) is 73.5 cm³/mol. The Bertz CT molecular complexity index is 587. The lowest BCUT2D eigenvalue weighted by molar-refractivity contribution is 0.161. The fourth-order valence-electron chi connectivity index (χ4n) is 2.04. The summed E-state index contributed by atoms with van der Waals surface area (Å²) in [7, 11) is 0. The Kier molecular flexibility index (Phi) is 3.20. The fraction of sp³-hybridized carbons (Fsp3) is 0.250. The fourth-order valence-corrected chi connectivity index (χ4v) is 3.20. The molecule has 3 rings (SSSR count). The van der Waals surface area contributed by atoms with E-state index >= 15 is 0 Å². The molecular formula is C12H10Cl2N2OS. The van der Waals surface area contributed by atoms with Gasteiger partial charge >= 0.3 is 0 Å². The highest BCUT2D eigenvalue weighted by Crippen LogP contribution is 2.41. The van der Waals surface area contributed by atoms with Crippen LogP contribution in [0.25, 0.3) is 0 Å². The van der Waals surface area contributed by atoms with Crippen LogP contribution in [-0.4, -0.2) is 4.98 Å². The van der Waals surface area contributed by atoms with Crippen LogP contribution in [0.3, 0.4) is 0 Å². The minimum atomic E-state index is -0.133. The smallest absolute Gasteiger partial charge is 0.152 e. The Morgan fingerprint density at radius 1 is 1.39 bits per heavy atom. The van der Waals surface area contributed by atoms with Gasteiger partial charge in [0.1, 0.15) is 15.1 Å². The van der Waals surface area contributed by atoms with Crippen molar-refractivity contribution in [3.8, 4) is 5.75 Å². The van der Waals surface area contributed by atoms with Crippen LogP contribution in [0.1, 0.15) is 29.1 Å². The third-order valence-electron chi connectivity index (χ3n) is 2.88. The molecule has 0 saturated carbocycles. The Morgan fingerprint density at radius 3 is 2.94 bits per heavy atom. The van der Waals surface area contributed by atoms with Crippen LogP contribution in [0.2, 0.25) is 9.36 Å². The van der Waals surface area contributed by atoms with Gasteiger partial charge in [0.15, 0.2) is 6.10 Å². The maximum atomic E-state index is 6.16. The molecule has 3 nitrogen and oxygen atoms in total. The predicted octanol–water partition coefficient (Wildman–Crippen LogP) is 3.97. The van der Waals surface area contributed by atoms with Crippen molar-refractivity contribution in [2.24, 2.45) is 5.73 Å². The first-order valence-corrected chi connectivity index (χ1v) is 7.03. The quantitative estimate of drug-likeness (QED) is 0.867. The van der Waals surface area contributed by atoms with E-state index in [0.717, 1.165) is 16.3 Å². The largest absolute Gasteiger partial charge is 0.483 e. The first-order chi connectivity index (χ1) is 8.63. The number of halogens is 2. The first kappa shape index (κ1) is 12.2. The normalized spacial score (nSPS) is 22.4. The summed E-state index contributed by atoms with van der Waals surface area (Å²) >= 11 is 13.3. The standard InChI is InChI=1S/C12H10Cl2N2OS/c13-6-1-2-9-7(3-6)8(15)4-10(17-9)12-16-5-11(14)18-12/h1-3,5,8,10H,4,15H2/t8-,10?/m1/s1. The third kappa shape index (κ3) is 2.21. The van der Waals surface area contributed by atoms with Crippen LogP contribution in [0.15, 0.2) is 24.4 Å². The van der Waals surface area contributed by atoms with Crippen molar-refractivity contribution >= 4 is 34.5 Å². The van der Waals surface area contributed by atoms with Gasteiger partial charge < -0.3 is 10.5 Å². The van der Waals surface area contributed by atoms with Crippen molar-refractivity contribution in [2.75, 3.05) is 0 Å². The van der Waals surface area contributed by atoms with E-state index in [-0.39, 0.29) is 12.1 Å². The van der Waals surface area contributed by atoms with Gasteiger partial charge in [-0.3, -0.25) is 0 Å². The second-order valence-electron chi connectivity index (χ2n) is 4.13. The van der Waals surface area contributed by atoms with E-state index in [2.05, 4.69) is 4.98 Å². The Balaban J connectivity index is 1.94. The number of hydrogen-bond acceptors (Lipinski definition) is 4. The number of benzene rings is 1. The lowest BCUT2D eigenvalue weighted by atomic mass is 9.97. The zero-order chi connectivity index (χ0) is 12.7. The average molecular weight is 301 g/mol. The van der Waals surface area contributed by atoms with Crippen LogP contribution >= 0.6 is 34.5 Å². The van der Waals surface area contributed by atoms with E-state index in [9.17, 15) is 0 Å². The molecule has 2 N–H and O–H groups in total. The second-order valence-corrected chi connectivity index (χ2v) is 6.26. The molecule has 1 aromatic carbocycles. The van der Waals surface area contributed by atoms with Crippen LogP contribution in [-0.2, 0) is 0 Å². The molecule has 1 aliphatic heterocycles. The van der Waals surface area contributed by atoms with E-state index in [1.54, 1.807) is 12.3 Å². The molecule has 18 heavy (non-hydrogen) atoms. The molecule has 6 heteroatoms. The SMILES string of the molecule is N[C@@H]1CC(c2ncc(Cl)s2)Oc2ccc(Cl)cc21. The highest BCUT2D eigenvalue weighted by Gasteiger charge is 2.29. The summed E-state index contributed by atoms with van der Waals surface area (Å²) in [4.78, 5) is 4.24. The minimum absolute atomic E-state index is 0.0971. The summed E-state index contributed by atoms with van der Waals surface area (Å²) in [5.41, 5.74) is 7.10. The van der Waals surface area contributed by atoms with Crippen LogP contribution in [0, 0.1) is 0 Å².